The molecule has 0 bridgehead atoms. The molecule has 1 heterocycles. The van der Waals surface area contributed by atoms with Gasteiger partial charge in [0.25, 0.3) is 0 Å². The highest BCUT2D eigenvalue weighted by molar-refractivity contribution is 5.16. The van der Waals surface area contributed by atoms with Crippen molar-refractivity contribution in [3.8, 4) is 0 Å². The highest BCUT2D eigenvalue weighted by atomic mass is 15.2. The van der Waals surface area contributed by atoms with Gasteiger partial charge in [-0.15, -0.1) is 0 Å². The minimum atomic E-state index is 0.296. The van der Waals surface area contributed by atoms with Gasteiger partial charge in [-0.3, -0.25) is 4.90 Å². The molecule has 0 amide bonds. The van der Waals surface area contributed by atoms with Crippen molar-refractivity contribution in [3.63, 3.8) is 0 Å². The lowest BCUT2D eigenvalue weighted by molar-refractivity contribution is 0.121. The second kappa shape index (κ2) is 4.19. The topological polar surface area (TPSA) is 3.24 Å². The van der Waals surface area contributed by atoms with Gasteiger partial charge in [0.05, 0.1) is 0 Å². The molecule has 2 rings (SSSR count). The fourth-order valence-corrected chi connectivity index (χ4v) is 2.03. The minimum absolute atomic E-state index is 0.296. The van der Waals surface area contributed by atoms with E-state index in [4.69, 9.17) is 0 Å². The third-order valence-corrected chi connectivity index (χ3v) is 3.18. The summed E-state index contributed by atoms with van der Waals surface area (Å²) in [6.45, 7) is 6.76. The first-order chi connectivity index (χ1) is 7.18. The maximum absolute atomic E-state index is 2.53. The summed E-state index contributed by atoms with van der Waals surface area (Å²) in [5.74, 6) is 0. The first-order valence-electron chi connectivity index (χ1n) is 5.62. The van der Waals surface area contributed by atoms with Gasteiger partial charge in [-0.25, -0.2) is 0 Å². The van der Waals surface area contributed by atoms with E-state index in [0.29, 0.717) is 5.54 Å². The predicted octanol–water partition coefficient (Wildman–Crippen LogP) is 3.23. The quantitative estimate of drug-likeness (QED) is 0.664. The summed E-state index contributed by atoms with van der Waals surface area (Å²) in [6.07, 6.45) is 5.72. The fourth-order valence-electron chi connectivity index (χ4n) is 2.03. The maximum Gasteiger partial charge on any atom is 0.0242 e. The van der Waals surface area contributed by atoms with Crippen LogP contribution in [0.4, 0.5) is 0 Å². The predicted molar refractivity (Wildman–Crippen MR) is 64.7 cm³/mol. The van der Waals surface area contributed by atoms with Gasteiger partial charge in [0.15, 0.2) is 0 Å². The minimum Gasteiger partial charge on any atom is -0.290 e. The molecule has 15 heavy (non-hydrogen) atoms. The number of rotatable bonds is 2. The summed E-state index contributed by atoms with van der Waals surface area (Å²) in [7, 11) is 0. The zero-order valence-corrected chi connectivity index (χ0v) is 9.61. The molecule has 1 nitrogen and oxygen atoms in total. The van der Waals surface area contributed by atoms with Gasteiger partial charge < -0.3 is 0 Å². The Bertz CT molecular complexity index is 338. The number of hydrogen-bond acceptors (Lipinski definition) is 1. The highest BCUT2D eigenvalue weighted by Crippen LogP contribution is 2.24. The van der Waals surface area contributed by atoms with Crippen LogP contribution in [0.2, 0.25) is 0 Å². The maximum atomic E-state index is 2.53. The highest BCUT2D eigenvalue weighted by Gasteiger charge is 2.26. The molecule has 0 spiro atoms. The Labute approximate surface area is 92.4 Å². The molecule has 1 aromatic rings. The third kappa shape index (κ3) is 2.48. The van der Waals surface area contributed by atoms with Crippen LogP contribution in [-0.4, -0.2) is 17.0 Å². The standard InChI is InChI=1S/C14H19N/c1-14(2)10-6-7-11-15(14)12-13-8-4-3-5-9-13/h3-9H,10-12H2,1-2H3. The Morgan fingerprint density at radius 3 is 2.53 bits per heavy atom. The van der Waals surface area contributed by atoms with Crippen LogP contribution < -0.4 is 0 Å². The van der Waals surface area contributed by atoms with Gasteiger partial charge >= 0.3 is 0 Å². The van der Waals surface area contributed by atoms with Crippen molar-refractivity contribution >= 4 is 0 Å². The average molecular weight is 201 g/mol. The second-order valence-electron chi connectivity index (χ2n) is 4.85. The summed E-state index contributed by atoms with van der Waals surface area (Å²) in [5.41, 5.74) is 1.70. The molecular weight excluding hydrogens is 182 g/mol. The number of benzene rings is 1. The normalized spacial score (nSPS) is 20.4. The molecule has 80 valence electrons. The summed E-state index contributed by atoms with van der Waals surface area (Å²) in [6, 6.07) is 10.7. The van der Waals surface area contributed by atoms with E-state index in [-0.39, 0.29) is 0 Å². The number of hydrogen-bond donors (Lipinski definition) is 0. The molecule has 0 unspecified atom stereocenters. The van der Waals surface area contributed by atoms with Crippen LogP contribution in [0.1, 0.15) is 25.8 Å². The van der Waals surface area contributed by atoms with E-state index < -0.39 is 0 Å². The molecule has 0 aromatic heterocycles. The van der Waals surface area contributed by atoms with E-state index in [2.05, 4.69) is 61.2 Å². The van der Waals surface area contributed by atoms with Crippen molar-refractivity contribution in [2.75, 3.05) is 6.54 Å². The van der Waals surface area contributed by atoms with Crippen molar-refractivity contribution < 1.29 is 0 Å². The molecular formula is C14H19N. The lowest BCUT2D eigenvalue weighted by Gasteiger charge is -2.40. The van der Waals surface area contributed by atoms with Crippen molar-refractivity contribution in [2.24, 2.45) is 0 Å². The Morgan fingerprint density at radius 2 is 1.87 bits per heavy atom. The molecule has 1 heteroatoms. The Morgan fingerprint density at radius 1 is 1.13 bits per heavy atom. The van der Waals surface area contributed by atoms with E-state index in [9.17, 15) is 0 Å². The van der Waals surface area contributed by atoms with Gasteiger partial charge in [-0.2, -0.15) is 0 Å². The van der Waals surface area contributed by atoms with Gasteiger partial charge in [0.1, 0.15) is 0 Å². The van der Waals surface area contributed by atoms with Crippen LogP contribution >= 0.6 is 0 Å². The molecule has 1 aliphatic rings. The smallest absolute Gasteiger partial charge is 0.0242 e. The molecule has 0 fully saturated rings. The van der Waals surface area contributed by atoms with E-state index in [1.54, 1.807) is 0 Å². The van der Waals surface area contributed by atoms with Crippen LogP contribution in [0.3, 0.4) is 0 Å². The van der Waals surface area contributed by atoms with Gasteiger partial charge in [0, 0.05) is 18.6 Å². The van der Waals surface area contributed by atoms with Crippen LogP contribution in [0.15, 0.2) is 42.5 Å². The van der Waals surface area contributed by atoms with Gasteiger partial charge in [0.2, 0.25) is 0 Å². The van der Waals surface area contributed by atoms with Gasteiger partial charge in [-0.05, 0) is 25.8 Å². The molecule has 0 atom stereocenters. The van der Waals surface area contributed by atoms with Crippen molar-refractivity contribution in [3.05, 3.63) is 48.0 Å². The van der Waals surface area contributed by atoms with Crippen LogP contribution in [-0.2, 0) is 6.54 Å². The van der Waals surface area contributed by atoms with Gasteiger partial charge in [-0.1, -0.05) is 42.5 Å². The largest absolute Gasteiger partial charge is 0.290 e. The molecule has 1 aliphatic heterocycles. The van der Waals surface area contributed by atoms with E-state index >= 15 is 0 Å². The lowest BCUT2D eigenvalue weighted by Crippen LogP contribution is -2.44. The number of nitrogens with zero attached hydrogens (tertiary/aromatic N) is 1. The molecule has 0 saturated heterocycles. The zero-order valence-electron chi connectivity index (χ0n) is 9.61. The second-order valence-corrected chi connectivity index (χ2v) is 4.85. The molecule has 0 N–H and O–H groups in total. The van der Waals surface area contributed by atoms with Crippen molar-refractivity contribution in [1.29, 1.82) is 0 Å². The van der Waals surface area contributed by atoms with Crippen LogP contribution in [0.25, 0.3) is 0 Å². The Balaban J connectivity index is 2.09. The molecule has 0 aliphatic carbocycles. The summed E-state index contributed by atoms with van der Waals surface area (Å²) in [5, 5.41) is 0. The SMILES string of the molecule is CC1(C)CC=CCN1Cc1ccccc1. The Kier molecular flexibility index (Phi) is 2.92. The van der Waals surface area contributed by atoms with E-state index in [0.717, 1.165) is 19.5 Å². The lowest BCUT2D eigenvalue weighted by atomic mass is 9.94. The molecule has 0 radical (unpaired) electrons. The van der Waals surface area contributed by atoms with E-state index in [1.807, 2.05) is 0 Å². The van der Waals surface area contributed by atoms with Crippen molar-refractivity contribution in [2.45, 2.75) is 32.4 Å². The Hall–Kier alpha value is -1.08. The van der Waals surface area contributed by atoms with Crippen LogP contribution in [0.5, 0.6) is 0 Å². The third-order valence-electron chi connectivity index (χ3n) is 3.18. The van der Waals surface area contributed by atoms with Crippen LogP contribution in [0, 0.1) is 0 Å². The van der Waals surface area contributed by atoms with Crippen molar-refractivity contribution in [1.82, 2.24) is 4.90 Å². The average Bonchev–Trinajstić information content (AvgIpc) is 2.23. The zero-order chi connectivity index (χ0) is 10.7. The summed E-state index contributed by atoms with van der Waals surface area (Å²) < 4.78 is 0. The monoisotopic (exact) mass is 201 g/mol. The first kappa shape index (κ1) is 10.4. The molecule has 1 aromatic carbocycles. The summed E-state index contributed by atoms with van der Waals surface area (Å²) in [4.78, 5) is 2.53. The first-order valence-corrected chi connectivity index (χ1v) is 5.62. The summed E-state index contributed by atoms with van der Waals surface area (Å²) >= 11 is 0. The fraction of sp³-hybridized carbons (Fsp3) is 0.429. The van der Waals surface area contributed by atoms with E-state index in [1.165, 1.54) is 5.56 Å². The molecule has 0 saturated carbocycles.